The minimum absolute atomic E-state index is 0.0842. The fraction of sp³-hybridized carbons (Fsp3) is 0.269. The molecule has 0 spiro atoms. The molecule has 2 heterocycles. The second-order valence-corrected chi connectivity index (χ2v) is 9.27. The van der Waals surface area contributed by atoms with Crippen LogP contribution in [0.25, 0.3) is 0 Å². The molecule has 1 aliphatic rings. The number of benzene rings is 2. The molecule has 0 bridgehead atoms. The lowest BCUT2D eigenvalue weighted by Crippen LogP contribution is -2.52. The largest absolute Gasteiger partial charge is 0.542 e. The number of hydrogen-bond acceptors (Lipinski definition) is 5. The molecule has 1 fully saturated rings. The monoisotopic (exact) mass is 582 g/mol. The summed E-state index contributed by atoms with van der Waals surface area (Å²) in [4.78, 5) is 49.2. The predicted octanol–water partition coefficient (Wildman–Crippen LogP) is 1.98. The van der Waals surface area contributed by atoms with E-state index in [9.17, 15) is 31.9 Å². The highest BCUT2D eigenvalue weighted by molar-refractivity contribution is 6.30. The zero-order valence-corrected chi connectivity index (χ0v) is 22.0. The van der Waals surface area contributed by atoms with Gasteiger partial charge in [-0.05, 0) is 55.8 Å². The Balaban J connectivity index is 0.000000559. The maximum Gasteiger partial charge on any atom is 0.430 e. The summed E-state index contributed by atoms with van der Waals surface area (Å²) >= 11 is 5.91. The molecule has 4 rings (SSSR count). The Bertz CT molecular complexity index is 1490. The number of H-pyrrole nitrogens is 2. The lowest BCUT2D eigenvalue weighted by molar-refractivity contribution is -0.467. The summed E-state index contributed by atoms with van der Waals surface area (Å²) in [6.07, 6.45) is -4.81. The summed E-state index contributed by atoms with van der Waals surface area (Å²) in [5.74, 6) is -4.43. The van der Waals surface area contributed by atoms with Crippen LogP contribution in [-0.2, 0) is 16.0 Å². The van der Waals surface area contributed by atoms with E-state index in [-0.39, 0.29) is 30.1 Å². The number of alkyl halides is 3. The van der Waals surface area contributed by atoms with Gasteiger partial charge in [0.2, 0.25) is 11.6 Å². The Hall–Kier alpha value is -4.26. The fourth-order valence-corrected chi connectivity index (χ4v) is 3.98. The highest BCUT2D eigenvalue weighted by Crippen LogP contribution is 2.22. The number of aliphatic carboxylic acids is 1. The maximum absolute atomic E-state index is 14.6. The van der Waals surface area contributed by atoms with E-state index >= 15 is 0 Å². The Morgan fingerprint density at radius 3 is 2.25 bits per heavy atom. The van der Waals surface area contributed by atoms with Gasteiger partial charge in [0.25, 0.3) is 5.91 Å². The topological polar surface area (TPSA) is 128 Å². The van der Waals surface area contributed by atoms with Crippen LogP contribution in [0.4, 0.5) is 23.2 Å². The molecule has 2 N–H and O–H groups in total. The number of hydrogen-bond donors (Lipinski definition) is 1. The number of nitrogens with zero attached hydrogens (tertiary/aromatic N) is 2. The van der Waals surface area contributed by atoms with Crippen LogP contribution in [0.5, 0.6) is 0 Å². The van der Waals surface area contributed by atoms with Crippen molar-refractivity contribution >= 4 is 35.1 Å². The van der Waals surface area contributed by atoms with E-state index in [0.717, 1.165) is 11.3 Å². The average Bonchev–Trinajstić information content (AvgIpc) is 2.90. The van der Waals surface area contributed by atoms with Crippen LogP contribution in [-0.4, -0.2) is 53.6 Å². The van der Waals surface area contributed by atoms with Gasteiger partial charge in [-0.15, -0.1) is 10.2 Å². The molecule has 0 unspecified atom stereocenters. The van der Waals surface area contributed by atoms with Crippen LogP contribution >= 0.6 is 11.6 Å². The average molecular weight is 583 g/mol. The van der Waals surface area contributed by atoms with Gasteiger partial charge in [-0.1, -0.05) is 17.7 Å². The van der Waals surface area contributed by atoms with Gasteiger partial charge in [-0.25, -0.2) is 4.39 Å². The molecule has 0 saturated carbocycles. The minimum Gasteiger partial charge on any atom is -0.542 e. The second-order valence-electron chi connectivity index (χ2n) is 8.83. The van der Waals surface area contributed by atoms with Gasteiger partial charge in [0, 0.05) is 34.9 Å². The van der Waals surface area contributed by atoms with Crippen molar-refractivity contribution in [2.45, 2.75) is 26.4 Å². The quantitative estimate of drug-likeness (QED) is 0.471. The molecule has 2 amide bonds. The number of rotatable bonds is 4. The molecule has 1 aromatic heterocycles. The van der Waals surface area contributed by atoms with Crippen molar-refractivity contribution in [3.63, 3.8) is 0 Å². The van der Waals surface area contributed by atoms with Crippen molar-refractivity contribution in [1.82, 2.24) is 10.00 Å². The Morgan fingerprint density at radius 1 is 1.05 bits per heavy atom. The zero-order valence-electron chi connectivity index (χ0n) is 21.2. The third-order valence-corrected chi connectivity index (χ3v) is 6.45. The first-order chi connectivity index (χ1) is 18.7. The van der Waals surface area contributed by atoms with Crippen LogP contribution in [0, 0.1) is 19.7 Å². The maximum atomic E-state index is 14.6. The number of aromatic amines is 2. The van der Waals surface area contributed by atoms with Crippen molar-refractivity contribution in [2.24, 2.45) is 0 Å². The number of halogens is 5. The third kappa shape index (κ3) is 7.23. The molecule has 14 heteroatoms. The molecule has 1 aliphatic heterocycles. The van der Waals surface area contributed by atoms with Crippen LogP contribution in [0.2, 0.25) is 5.02 Å². The molecule has 0 atom stereocenters. The molecular weight excluding hydrogens is 560 g/mol. The number of aromatic nitrogens is 2. The highest BCUT2D eigenvalue weighted by Gasteiger charge is 2.30. The van der Waals surface area contributed by atoms with Gasteiger partial charge in [0.05, 0.1) is 12.0 Å². The van der Waals surface area contributed by atoms with E-state index in [4.69, 9.17) is 21.5 Å². The number of carbonyl (C=O) groups is 3. The van der Waals surface area contributed by atoms with Crippen molar-refractivity contribution < 1.29 is 42.2 Å². The van der Waals surface area contributed by atoms with E-state index < -0.39 is 23.9 Å². The lowest BCUT2D eigenvalue weighted by Gasteiger charge is -2.34. The van der Waals surface area contributed by atoms with E-state index in [1.807, 2.05) is 6.92 Å². The summed E-state index contributed by atoms with van der Waals surface area (Å²) < 4.78 is 46.1. The first-order valence-corrected chi connectivity index (χ1v) is 12.1. The number of piperazine rings is 1. The normalized spacial score (nSPS) is 13.5. The summed E-state index contributed by atoms with van der Waals surface area (Å²) in [7, 11) is 0. The molecule has 3 aromatic rings. The lowest BCUT2D eigenvalue weighted by atomic mass is 10.0. The van der Waals surface area contributed by atoms with Gasteiger partial charge in [-0.3, -0.25) is 14.4 Å². The Kier molecular flexibility index (Phi) is 9.30. The summed E-state index contributed by atoms with van der Waals surface area (Å²) in [6.45, 7) is 4.00. The molecule has 1 saturated heterocycles. The van der Waals surface area contributed by atoms with Crippen LogP contribution < -0.4 is 20.7 Å². The SMILES string of the molecule is Cc1c(Cc2ccc(F)c(C(=O)N3CCN(c4ccc(Cl)cc4)C(=O)C3)c2)[nH+][nH]c(=O)c1C.O=C([O-])C(F)(F)F. The Labute approximate surface area is 230 Å². The highest BCUT2D eigenvalue weighted by atomic mass is 35.5. The molecule has 0 radical (unpaired) electrons. The van der Waals surface area contributed by atoms with Gasteiger partial charge in [0.15, 0.2) is 0 Å². The molecule has 2 aromatic carbocycles. The summed E-state index contributed by atoms with van der Waals surface area (Å²) in [6, 6.07) is 11.3. The smallest absolute Gasteiger partial charge is 0.430 e. The Morgan fingerprint density at radius 2 is 1.68 bits per heavy atom. The fourth-order valence-electron chi connectivity index (χ4n) is 3.85. The van der Waals surface area contributed by atoms with Crippen LogP contribution in [0.1, 0.15) is 32.7 Å². The number of carboxylic acids is 1. The molecule has 0 aliphatic carbocycles. The van der Waals surface area contributed by atoms with Crippen molar-refractivity contribution in [2.75, 3.05) is 24.5 Å². The third-order valence-electron chi connectivity index (χ3n) is 6.20. The zero-order chi connectivity index (χ0) is 29.8. The second kappa shape index (κ2) is 12.3. The molecular formula is C26H23ClF4N4O5. The van der Waals surface area contributed by atoms with Gasteiger partial charge < -0.3 is 19.7 Å². The van der Waals surface area contributed by atoms with Gasteiger partial charge in [-0.2, -0.15) is 13.2 Å². The number of nitrogens with one attached hydrogen (secondary N) is 2. The van der Waals surface area contributed by atoms with Crippen LogP contribution in [0.3, 0.4) is 0 Å². The number of amides is 2. The molecule has 40 heavy (non-hydrogen) atoms. The first-order valence-electron chi connectivity index (χ1n) is 11.7. The molecule has 9 nitrogen and oxygen atoms in total. The standard InChI is InChI=1S/C24H22ClFN4O3.C2HF3O2/c1-14-15(2)23(32)28-27-21(14)12-16-3-8-20(26)19(11-16)24(33)29-9-10-30(22(31)13-29)18-6-4-17(25)5-7-18;3-2(4,5)1(6)7/h3-8,11H,9-10,12-13H2,1-2H3,(H,28,32);(H,6,7). The summed E-state index contributed by atoms with van der Waals surface area (Å²) in [5, 5.41) is 14.8. The van der Waals surface area contributed by atoms with Crippen molar-refractivity contribution in [1.29, 1.82) is 0 Å². The van der Waals surface area contributed by atoms with E-state index in [1.165, 1.54) is 17.0 Å². The number of carbonyl (C=O) groups excluding carboxylic acids is 3. The van der Waals surface area contributed by atoms with Gasteiger partial charge in [0.1, 0.15) is 18.3 Å². The van der Waals surface area contributed by atoms with E-state index in [2.05, 4.69) is 10.2 Å². The number of anilines is 1. The van der Waals surface area contributed by atoms with Crippen molar-refractivity contribution in [3.8, 4) is 0 Å². The first kappa shape index (κ1) is 30.3. The van der Waals surface area contributed by atoms with Crippen LogP contribution in [0.15, 0.2) is 47.3 Å². The predicted molar refractivity (Wildman–Crippen MR) is 133 cm³/mol. The van der Waals surface area contributed by atoms with E-state index in [0.29, 0.717) is 34.8 Å². The molecule has 212 valence electrons. The van der Waals surface area contributed by atoms with Crippen molar-refractivity contribution in [3.05, 3.63) is 91.6 Å². The van der Waals surface area contributed by atoms with Gasteiger partial charge >= 0.3 is 11.7 Å². The van der Waals surface area contributed by atoms with E-state index in [1.54, 1.807) is 42.2 Å². The minimum atomic E-state index is -5.19. The summed E-state index contributed by atoms with van der Waals surface area (Å²) in [5.41, 5.74) is 3.29. The number of carboxylic acid groups (broad SMARTS) is 1.